The molecule has 0 fully saturated rings. The van der Waals surface area contributed by atoms with E-state index in [1.165, 1.54) is 0 Å². The molecule has 0 unspecified atom stereocenters. The van der Waals surface area contributed by atoms with Crippen LogP contribution in [0.3, 0.4) is 0 Å². The van der Waals surface area contributed by atoms with Gasteiger partial charge in [-0.15, -0.1) is 0 Å². The Balaban J connectivity index is 2.81. The molecule has 1 aromatic rings. The molecule has 1 rings (SSSR count). The van der Waals surface area contributed by atoms with E-state index in [0.717, 1.165) is 35.6 Å². The lowest BCUT2D eigenvalue weighted by atomic mass is 10.2. The molecule has 0 spiro atoms. The molecular formula is C13H21BrN2O. The van der Waals surface area contributed by atoms with E-state index in [9.17, 15) is 0 Å². The van der Waals surface area contributed by atoms with Crippen molar-refractivity contribution in [3.8, 4) is 5.75 Å². The Labute approximate surface area is 112 Å². The monoisotopic (exact) mass is 300 g/mol. The lowest BCUT2D eigenvalue weighted by molar-refractivity contribution is 0.224. The van der Waals surface area contributed by atoms with Gasteiger partial charge in [0.05, 0.1) is 12.8 Å². The summed E-state index contributed by atoms with van der Waals surface area (Å²) in [6, 6.07) is 4.48. The molecule has 0 radical (unpaired) electrons. The zero-order chi connectivity index (χ0) is 12.8. The number of nitrogens with zero attached hydrogens (tertiary/aromatic N) is 2. The molecular weight excluding hydrogens is 280 g/mol. The van der Waals surface area contributed by atoms with Crippen LogP contribution in [-0.2, 0) is 6.54 Å². The predicted octanol–water partition coefficient (Wildman–Crippen LogP) is 3.00. The fourth-order valence-corrected chi connectivity index (χ4v) is 2.19. The molecule has 1 aromatic heterocycles. The fourth-order valence-electron chi connectivity index (χ4n) is 1.74. The van der Waals surface area contributed by atoms with Gasteiger partial charge in [0.2, 0.25) is 0 Å². The van der Waals surface area contributed by atoms with Crippen LogP contribution in [0.5, 0.6) is 5.75 Å². The fraction of sp³-hybridized carbons (Fsp3) is 0.615. The van der Waals surface area contributed by atoms with E-state index < -0.39 is 0 Å². The molecule has 0 amide bonds. The van der Waals surface area contributed by atoms with Gasteiger partial charge in [0, 0.05) is 42.3 Å². The second kappa shape index (κ2) is 6.97. The highest BCUT2D eigenvalue weighted by atomic mass is 79.9. The smallest absolute Gasteiger partial charge is 0.122 e. The van der Waals surface area contributed by atoms with Crippen molar-refractivity contribution >= 4 is 15.9 Å². The number of alkyl halides is 1. The highest BCUT2D eigenvalue weighted by Crippen LogP contribution is 2.15. The minimum Gasteiger partial charge on any atom is -0.497 e. The van der Waals surface area contributed by atoms with Gasteiger partial charge in [-0.2, -0.15) is 0 Å². The summed E-state index contributed by atoms with van der Waals surface area (Å²) in [7, 11) is 1.69. The summed E-state index contributed by atoms with van der Waals surface area (Å²) < 4.78 is 5.27. The lowest BCUT2D eigenvalue weighted by Crippen LogP contribution is -2.32. The Morgan fingerprint density at radius 2 is 2.12 bits per heavy atom. The third kappa shape index (κ3) is 4.64. The number of hydrogen-bond donors (Lipinski definition) is 0. The maximum Gasteiger partial charge on any atom is 0.122 e. The zero-order valence-corrected chi connectivity index (χ0v) is 12.6. The van der Waals surface area contributed by atoms with E-state index in [4.69, 9.17) is 4.74 Å². The highest BCUT2D eigenvalue weighted by Gasteiger charge is 2.11. The molecule has 0 aliphatic rings. The summed E-state index contributed by atoms with van der Waals surface area (Å²) in [6.45, 7) is 8.29. The number of pyridine rings is 1. The summed E-state index contributed by atoms with van der Waals surface area (Å²) in [5.41, 5.74) is 2.07. The maximum atomic E-state index is 5.27. The number of rotatable bonds is 6. The Kier molecular flexibility index (Phi) is 5.92. The van der Waals surface area contributed by atoms with Crippen molar-refractivity contribution in [3.05, 3.63) is 23.5 Å². The predicted molar refractivity (Wildman–Crippen MR) is 74.9 cm³/mol. The van der Waals surface area contributed by atoms with Crippen LogP contribution in [0.4, 0.5) is 0 Å². The number of aromatic nitrogens is 1. The van der Waals surface area contributed by atoms with E-state index in [2.05, 4.69) is 39.7 Å². The first-order valence-corrected chi connectivity index (χ1v) is 7.00. The average molecular weight is 301 g/mol. The number of halogens is 1. The molecule has 0 N–H and O–H groups in total. The molecule has 0 aliphatic heterocycles. The first-order chi connectivity index (χ1) is 8.06. The number of methoxy groups -OCH3 is 1. The van der Waals surface area contributed by atoms with Crippen molar-refractivity contribution in [1.82, 2.24) is 9.88 Å². The van der Waals surface area contributed by atoms with Crippen LogP contribution in [0.2, 0.25) is 0 Å². The van der Waals surface area contributed by atoms with Crippen LogP contribution in [0.25, 0.3) is 0 Å². The van der Waals surface area contributed by atoms with Gasteiger partial charge in [0.25, 0.3) is 0 Å². The average Bonchev–Trinajstić information content (AvgIpc) is 2.27. The molecule has 0 aromatic carbocycles. The van der Waals surface area contributed by atoms with E-state index in [1.807, 2.05) is 19.1 Å². The largest absolute Gasteiger partial charge is 0.497 e. The summed E-state index contributed by atoms with van der Waals surface area (Å²) in [5, 5.41) is 0.980. The topological polar surface area (TPSA) is 25.4 Å². The third-order valence-electron chi connectivity index (χ3n) is 2.68. The van der Waals surface area contributed by atoms with Gasteiger partial charge in [0.15, 0.2) is 0 Å². The summed E-state index contributed by atoms with van der Waals surface area (Å²) in [4.78, 5) is 6.93. The second-order valence-electron chi connectivity index (χ2n) is 4.39. The molecule has 4 heteroatoms. The van der Waals surface area contributed by atoms with Gasteiger partial charge in [-0.05, 0) is 20.8 Å². The van der Waals surface area contributed by atoms with Crippen LogP contribution < -0.4 is 4.74 Å². The molecule has 17 heavy (non-hydrogen) atoms. The van der Waals surface area contributed by atoms with Crippen LogP contribution in [0.15, 0.2) is 12.1 Å². The van der Waals surface area contributed by atoms with Gasteiger partial charge in [0.1, 0.15) is 5.75 Å². The van der Waals surface area contributed by atoms with Crippen molar-refractivity contribution in [2.24, 2.45) is 0 Å². The molecule has 96 valence electrons. The maximum absolute atomic E-state index is 5.27. The van der Waals surface area contributed by atoms with Crippen molar-refractivity contribution in [2.75, 3.05) is 19.0 Å². The Bertz CT molecular complexity index is 355. The van der Waals surface area contributed by atoms with Crippen LogP contribution >= 0.6 is 15.9 Å². The van der Waals surface area contributed by atoms with Gasteiger partial charge in [-0.1, -0.05) is 15.9 Å². The zero-order valence-electron chi connectivity index (χ0n) is 11.0. The van der Waals surface area contributed by atoms with Crippen molar-refractivity contribution in [3.63, 3.8) is 0 Å². The Morgan fingerprint density at radius 1 is 1.41 bits per heavy atom. The molecule has 0 saturated heterocycles. The molecule has 3 nitrogen and oxygen atoms in total. The minimum absolute atomic E-state index is 0.515. The van der Waals surface area contributed by atoms with Gasteiger partial charge >= 0.3 is 0 Å². The van der Waals surface area contributed by atoms with Crippen molar-refractivity contribution < 1.29 is 4.74 Å². The molecule has 0 aliphatic carbocycles. The summed E-state index contributed by atoms with van der Waals surface area (Å²) in [6.07, 6.45) is 0. The van der Waals surface area contributed by atoms with Crippen molar-refractivity contribution in [2.45, 2.75) is 33.4 Å². The SMILES string of the molecule is COc1cc(C)nc(CN(CCBr)C(C)C)c1. The van der Waals surface area contributed by atoms with Crippen LogP contribution in [-0.4, -0.2) is 34.9 Å². The molecule has 0 atom stereocenters. The number of aryl methyl sites for hydroxylation is 1. The van der Waals surface area contributed by atoms with E-state index >= 15 is 0 Å². The quantitative estimate of drug-likeness (QED) is 0.755. The van der Waals surface area contributed by atoms with Gasteiger partial charge in [-0.25, -0.2) is 0 Å². The first kappa shape index (κ1) is 14.5. The normalized spacial score (nSPS) is 11.2. The van der Waals surface area contributed by atoms with E-state index in [1.54, 1.807) is 7.11 Å². The standard InChI is InChI=1S/C13H21BrN2O/c1-10(2)16(6-5-14)9-12-8-13(17-4)7-11(3)15-12/h7-8,10H,5-6,9H2,1-4H3. The third-order valence-corrected chi connectivity index (χ3v) is 3.04. The van der Waals surface area contributed by atoms with E-state index in [-0.39, 0.29) is 0 Å². The Morgan fingerprint density at radius 3 is 2.65 bits per heavy atom. The Hall–Kier alpha value is -0.610. The van der Waals surface area contributed by atoms with E-state index in [0.29, 0.717) is 6.04 Å². The second-order valence-corrected chi connectivity index (χ2v) is 5.19. The van der Waals surface area contributed by atoms with Crippen LogP contribution in [0, 0.1) is 6.92 Å². The first-order valence-electron chi connectivity index (χ1n) is 5.88. The van der Waals surface area contributed by atoms with Crippen LogP contribution in [0.1, 0.15) is 25.2 Å². The molecule has 1 heterocycles. The minimum atomic E-state index is 0.515. The highest BCUT2D eigenvalue weighted by molar-refractivity contribution is 9.09. The summed E-state index contributed by atoms with van der Waals surface area (Å²) >= 11 is 3.49. The molecule has 0 bridgehead atoms. The van der Waals surface area contributed by atoms with Gasteiger partial charge < -0.3 is 4.74 Å². The molecule has 0 saturated carbocycles. The lowest BCUT2D eigenvalue weighted by Gasteiger charge is -2.25. The summed E-state index contributed by atoms with van der Waals surface area (Å²) in [5.74, 6) is 0.884. The van der Waals surface area contributed by atoms with Crippen molar-refractivity contribution in [1.29, 1.82) is 0 Å². The number of ether oxygens (including phenoxy) is 1. The van der Waals surface area contributed by atoms with Gasteiger partial charge in [-0.3, -0.25) is 9.88 Å². The number of hydrogen-bond acceptors (Lipinski definition) is 3.